The molecule has 33 heavy (non-hydrogen) atoms. The number of thiocarbonyl (C=S) groups is 1. The first-order valence-electron chi connectivity index (χ1n) is 9.61. The van der Waals surface area contributed by atoms with Crippen LogP contribution in [0.25, 0.3) is 17.4 Å². The highest BCUT2D eigenvalue weighted by Crippen LogP contribution is 2.37. The number of hydrogen-bond donors (Lipinski definition) is 1. The van der Waals surface area contributed by atoms with Gasteiger partial charge in [0, 0.05) is 25.1 Å². The number of thioether (sulfide) groups is 1. The number of carbonyl (C=O) groups excluding carboxylic acids is 1. The molecule has 1 aromatic carbocycles. The molecule has 1 amide bonds. The predicted octanol–water partition coefficient (Wildman–Crippen LogP) is 6.09. The smallest absolute Gasteiger partial charge is 0.419 e. The summed E-state index contributed by atoms with van der Waals surface area (Å²) in [5.41, 5.74) is -2.20. The van der Waals surface area contributed by atoms with Gasteiger partial charge in [0.15, 0.2) is 0 Å². The zero-order valence-corrected chi connectivity index (χ0v) is 18.4. The van der Waals surface area contributed by atoms with Crippen LogP contribution in [-0.2, 0) is 15.8 Å². The van der Waals surface area contributed by atoms with E-state index in [0.29, 0.717) is 36.2 Å². The van der Waals surface area contributed by atoms with Gasteiger partial charge in [0.1, 0.15) is 27.5 Å². The molecule has 0 aliphatic carbocycles. The molecule has 0 spiro atoms. The Balaban J connectivity index is 1.74. The van der Waals surface area contributed by atoms with Gasteiger partial charge < -0.3 is 9.52 Å². The Bertz CT molecular complexity index is 1130. The van der Waals surface area contributed by atoms with Crippen molar-refractivity contribution in [2.24, 2.45) is 0 Å². The Morgan fingerprint density at radius 1 is 1.15 bits per heavy atom. The van der Waals surface area contributed by atoms with Crippen LogP contribution < -0.4 is 0 Å². The number of rotatable bonds is 8. The number of amides is 1. The van der Waals surface area contributed by atoms with Crippen LogP contribution in [0.2, 0.25) is 0 Å². The van der Waals surface area contributed by atoms with E-state index in [9.17, 15) is 31.5 Å². The molecule has 0 unspecified atom stereocenters. The van der Waals surface area contributed by atoms with Crippen LogP contribution in [-0.4, -0.2) is 32.7 Å². The SMILES string of the molecule is O=C(O)CCCCCN1C(=O)/C(=C/c2ccc(-c3cc(C(F)(F)F)c(F)cc3F)o2)SC1=S. The Morgan fingerprint density at radius 2 is 1.88 bits per heavy atom. The number of carboxylic acid groups (broad SMARTS) is 1. The Hall–Kier alpha value is -2.73. The molecule has 1 aliphatic heterocycles. The molecule has 1 N–H and O–H groups in total. The van der Waals surface area contributed by atoms with Gasteiger partial charge in [-0.1, -0.05) is 30.4 Å². The van der Waals surface area contributed by atoms with Crippen molar-refractivity contribution in [3.8, 4) is 11.3 Å². The Morgan fingerprint density at radius 3 is 2.55 bits per heavy atom. The summed E-state index contributed by atoms with van der Waals surface area (Å²) in [5.74, 6) is -4.44. The number of carboxylic acids is 1. The van der Waals surface area contributed by atoms with Gasteiger partial charge in [-0.25, -0.2) is 8.78 Å². The molecule has 1 aliphatic rings. The van der Waals surface area contributed by atoms with E-state index in [1.54, 1.807) is 0 Å². The van der Waals surface area contributed by atoms with Crippen molar-refractivity contribution in [1.29, 1.82) is 0 Å². The van der Waals surface area contributed by atoms with Gasteiger partial charge >= 0.3 is 12.1 Å². The molecule has 1 fully saturated rings. The molecule has 176 valence electrons. The van der Waals surface area contributed by atoms with E-state index in [1.807, 2.05) is 0 Å². The fourth-order valence-corrected chi connectivity index (χ4v) is 4.36. The highest BCUT2D eigenvalue weighted by molar-refractivity contribution is 8.26. The number of halogens is 5. The van der Waals surface area contributed by atoms with E-state index in [-0.39, 0.29) is 28.9 Å². The van der Waals surface area contributed by atoms with Gasteiger partial charge in [-0.15, -0.1) is 0 Å². The first-order chi connectivity index (χ1) is 15.5. The quantitative estimate of drug-likeness (QED) is 0.203. The van der Waals surface area contributed by atoms with Crippen LogP contribution in [0, 0.1) is 11.6 Å². The second-order valence-corrected chi connectivity index (χ2v) is 8.73. The maximum absolute atomic E-state index is 14.1. The molecule has 0 saturated carbocycles. The van der Waals surface area contributed by atoms with E-state index in [0.717, 1.165) is 11.8 Å². The first-order valence-corrected chi connectivity index (χ1v) is 10.8. The summed E-state index contributed by atoms with van der Waals surface area (Å²) >= 11 is 6.21. The molecule has 2 aromatic rings. The van der Waals surface area contributed by atoms with Crippen LogP contribution in [0.1, 0.15) is 37.0 Å². The van der Waals surface area contributed by atoms with Gasteiger partial charge in [-0.3, -0.25) is 14.5 Å². The van der Waals surface area contributed by atoms with E-state index in [1.165, 1.54) is 23.1 Å². The number of nitrogens with zero attached hydrogens (tertiary/aromatic N) is 1. The van der Waals surface area contributed by atoms with Crippen LogP contribution in [0.3, 0.4) is 0 Å². The van der Waals surface area contributed by atoms with Crippen molar-refractivity contribution in [2.75, 3.05) is 6.54 Å². The van der Waals surface area contributed by atoms with Crippen molar-refractivity contribution in [1.82, 2.24) is 4.90 Å². The molecule has 2 heterocycles. The van der Waals surface area contributed by atoms with Gasteiger partial charge in [-0.2, -0.15) is 13.2 Å². The molecule has 0 radical (unpaired) electrons. The first kappa shape index (κ1) is 24.9. The summed E-state index contributed by atoms with van der Waals surface area (Å²) in [5, 5.41) is 8.64. The van der Waals surface area contributed by atoms with Crippen molar-refractivity contribution in [3.05, 3.63) is 52.1 Å². The van der Waals surface area contributed by atoms with E-state index >= 15 is 0 Å². The highest BCUT2D eigenvalue weighted by Gasteiger charge is 2.36. The van der Waals surface area contributed by atoms with E-state index < -0.39 is 40.8 Å². The second-order valence-electron chi connectivity index (χ2n) is 7.05. The molecular weight excluding hydrogens is 489 g/mol. The topological polar surface area (TPSA) is 70.8 Å². The van der Waals surface area contributed by atoms with Crippen molar-refractivity contribution in [2.45, 2.75) is 31.9 Å². The number of hydrogen-bond acceptors (Lipinski definition) is 5. The summed E-state index contributed by atoms with van der Waals surface area (Å²) < 4.78 is 72.2. The lowest BCUT2D eigenvalue weighted by atomic mass is 10.1. The largest absolute Gasteiger partial charge is 0.481 e. The summed E-state index contributed by atoms with van der Waals surface area (Å²) in [6.45, 7) is 0.312. The van der Waals surface area contributed by atoms with Crippen LogP contribution in [0.5, 0.6) is 0 Å². The van der Waals surface area contributed by atoms with Crippen LogP contribution in [0.15, 0.2) is 33.6 Å². The summed E-state index contributed by atoms with van der Waals surface area (Å²) in [4.78, 5) is 24.7. The molecule has 0 bridgehead atoms. The van der Waals surface area contributed by atoms with Crippen molar-refractivity contribution < 1.29 is 41.1 Å². The maximum atomic E-state index is 14.1. The standard InChI is InChI=1S/C21H16F5NO4S2/c22-14-10-15(23)13(21(24,25)26)9-12(14)16-6-5-11(31-16)8-17-19(30)27(20(32)33-17)7-3-1-2-4-18(28)29/h5-6,8-10H,1-4,7H2,(H,28,29)/b17-8-. The van der Waals surface area contributed by atoms with Crippen LogP contribution >= 0.6 is 24.0 Å². The molecule has 1 saturated heterocycles. The lowest BCUT2D eigenvalue weighted by molar-refractivity contribution is -0.140. The monoisotopic (exact) mass is 505 g/mol. The van der Waals surface area contributed by atoms with Crippen molar-refractivity contribution >= 4 is 46.3 Å². The molecule has 1 aromatic heterocycles. The number of furan rings is 1. The fourth-order valence-electron chi connectivity index (χ4n) is 3.08. The number of carbonyl (C=O) groups is 2. The third-order valence-corrected chi connectivity index (χ3v) is 6.05. The number of unbranched alkanes of at least 4 members (excludes halogenated alkanes) is 2. The summed E-state index contributed by atoms with van der Waals surface area (Å²) in [7, 11) is 0. The Labute approximate surface area is 194 Å². The predicted molar refractivity (Wildman–Crippen MR) is 115 cm³/mol. The van der Waals surface area contributed by atoms with Crippen molar-refractivity contribution in [3.63, 3.8) is 0 Å². The molecule has 0 atom stereocenters. The third kappa shape index (κ3) is 5.99. The van der Waals surface area contributed by atoms with Crippen LogP contribution in [0.4, 0.5) is 22.0 Å². The normalized spacial score (nSPS) is 15.7. The second kappa shape index (κ2) is 10.0. The van der Waals surface area contributed by atoms with Gasteiger partial charge in [0.05, 0.1) is 16.0 Å². The zero-order valence-electron chi connectivity index (χ0n) is 16.7. The lowest BCUT2D eigenvalue weighted by Crippen LogP contribution is -2.29. The fraction of sp³-hybridized carbons (Fsp3) is 0.286. The number of aliphatic carboxylic acids is 1. The third-order valence-electron chi connectivity index (χ3n) is 4.67. The average molecular weight is 505 g/mol. The molecular formula is C21H16F5NO4S2. The lowest BCUT2D eigenvalue weighted by Gasteiger charge is -2.13. The number of benzene rings is 1. The minimum Gasteiger partial charge on any atom is -0.481 e. The summed E-state index contributed by atoms with van der Waals surface area (Å²) in [6.07, 6.45) is -2.00. The minimum atomic E-state index is -5.01. The maximum Gasteiger partial charge on any atom is 0.419 e. The highest BCUT2D eigenvalue weighted by atomic mass is 32.2. The zero-order chi connectivity index (χ0) is 24.3. The summed E-state index contributed by atoms with van der Waals surface area (Å²) in [6, 6.07) is 3.02. The Kier molecular flexibility index (Phi) is 7.58. The van der Waals surface area contributed by atoms with Gasteiger partial charge in [0.25, 0.3) is 5.91 Å². The average Bonchev–Trinajstić information content (AvgIpc) is 3.26. The number of alkyl halides is 3. The molecule has 3 rings (SSSR count). The van der Waals surface area contributed by atoms with E-state index in [4.69, 9.17) is 21.7 Å². The van der Waals surface area contributed by atoms with E-state index in [2.05, 4.69) is 0 Å². The van der Waals surface area contributed by atoms with Gasteiger partial charge in [-0.05, 0) is 31.0 Å². The molecule has 5 nitrogen and oxygen atoms in total. The minimum absolute atomic E-state index is 0.0399. The molecule has 12 heteroatoms. The van der Waals surface area contributed by atoms with Gasteiger partial charge in [0.2, 0.25) is 0 Å².